The van der Waals surface area contributed by atoms with Crippen LogP contribution in [0.25, 0.3) is 11.0 Å². The first-order valence-electron chi connectivity index (χ1n) is 5.51. The normalized spacial score (nSPS) is 12.0. The molecule has 0 aliphatic heterocycles. The van der Waals surface area contributed by atoms with Crippen LogP contribution in [0.3, 0.4) is 0 Å². The molecule has 0 unspecified atom stereocenters. The zero-order valence-corrected chi connectivity index (χ0v) is 10.5. The van der Waals surface area contributed by atoms with Gasteiger partial charge in [-0.2, -0.15) is 0 Å². The van der Waals surface area contributed by atoms with Crippen molar-refractivity contribution in [2.45, 2.75) is 26.2 Å². The van der Waals surface area contributed by atoms with Crippen LogP contribution in [0, 0.1) is 0 Å². The minimum atomic E-state index is -0.999. The lowest BCUT2D eigenvalue weighted by atomic mass is 9.87. The molecule has 90 valence electrons. The van der Waals surface area contributed by atoms with Crippen molar-refractivity contribution in [3.8, 4) is 0 Å². The predicted octanol–water partition coefficient (Wildman–Crippen LogP) is 2.57. The molecular formula is C13H16N2O2. The molecule has 1 heterocycles. The van der Waals surface area contributed by atoms with Gasteiger partial charge in [0.05, 0.1) is 11.0 Å². The zero-order chi connectivity index (χ0) is 12.8. The highest BCUT2D eigenvalue weighted by molar-refractivity contribution is 5.90. The molecule has 0 spiro atoms. The molecule has 2 aromatic rings. The highest BCUT2D eigenvalue weighted by Gasteiger charge is 2.18. The number of hydrogen-bond acceptors (Lipinski definition) is 2. The molecule has 4 nitrogen and oxygen atoms in total. The Morgan fingerprint density at radius 2 is 2.00 bits per heavy atom. The lowest BCUT2D eigenvalue weighted by Crippen LogP contribution is -2.10. The van der Waals surface area contributed by atoms with Gasteiger partial charge in [-0.1, -0.05) is 26.8 Å². The third kappa shape index (κ3) is 1.90. The van der Waals surface area contributed by atoms with E-state index in [-0.39, 0.29) is 11.2 Å². The third-order valence-electron chi connectivity index (χ3n) is 2.94. The topological polar surface area (TPSA) is 55.1 Å². The first-order chi connectivity index (χ1) is 7.80. The molecule has 4 heteroatoms. The Kier molecular flexibility index (Phi) is 2.45. The maximum Gasteiger partial charge on any atom is 0.372 e. The van der Waals surface area contributed by atoms with Gasteiger partial charge < -0.3 is 9.67 Å². The summed E-state index contributed by atoms with van der Waals surface area (Å²) in [6, 6.07) is 5.91. The zero-order valence-electron chi connectivity index (χ0n) is 10.5. The van der Waals surface area contributed by atoms with Gasteiger partial charge in [0.2, 0.25) is 5.82 Å². The average Bonchev–Trinajstić information content (AvgIpc) is 2.54. The lowest BCUT2D eigenvalue weighted by Gasteiger charge is -2.18. The molecule has 1 N–H and O–H groups in total. The van der Waals surface area contributed by atoms with Crippen LogP contribution < -0.4 is 0 Å². The van der Waals surface area contributed by atoms with Crippen molar-refractivity contribution in [2.24, 2.45) is 7.05 Å². The fraction of sp³-hybridized carbons (Fsp3) is 0.385. The van der Waals surface area contributed by atoms with E-state index in [1.807, 2.05) is 18.2 Å². The molecule has 0 fully saturated rings. The Bertz CT molecular complexity index is 591. The number of nitrogens with zero attached hydrogens (tertiary/aromatic N) is 2. The Labute approximate surface area is 99.9 Å². The molecule has 17 heavy (non-hydrogen) atoms. The SMILES string of the molecule is Cn1c(C(=O)O)nc2cc(C(C)(C)C)ccc21. The quantitative estimate of drug-likeness (QED) is 0.822. The molecule has 0 saturated carbocycles. The van der Waals surface area contributed by atoms with Gasteiger partial charge in [0, 0.05) is 7.05 Å². The van der Waals surface area contributed by atoms with Crippen molar-refractivity contribution in [2.75, 3.05) is 0 Å². The van der Waals surface area contributed by atoms with E-state index < -0.39 is 5.97 Å². The number of carboxylic acid groups (broad SMARTS) is 1. The summed E-state index contributed by atoms with van der Waals surface area (Å²) in [7, 11) is 1.72. The summed E-state index contributed by atoms with van der Waals surface area (Å²) in [4.78, 5) is 15.1. The molecule has 0 amide bonds. The molecule has 2 rings (SSSR count). The van der Waals surface area contributed by atoms with E-state index in [9.17, 15) is 4.79 Å². The molecule has 1 aromatic heterocycles. The predicted molar refractivity (Wildman–Crippen MR) is 66.4 cm³/mol. The summed E-state index contributed by atoms with van der Waals surface area (Å²) >= 11 is 0. The highest BCUT2D eigenvalue weighted by Crippen LogP contribution is 2.26. The monoisotopic (exact) mass is 232 g/mol. The van der Waals surface area contributed by atoms with E-state index in [0.29, 0.717) is 0 Å². The second kappa shape index (κ2) is 3.58. The summed E-state index contributed by atoms with van der Waals surface area (Å²) < 4.78 is 1.60. The van der Waals surface area contributed by atoms with E-state index in [4.69, 9.17) is 5.11 Å². The van der Waals surface area contributed by atoms with E-state index >= 15 is 0 Å². The molecule has 0 bridgehead atoms. The smallest absolute Gasteiger partial charge is 0.372 e. The lowest BCUT2D eigenvalue weighted by molar-refractivity contribution is 0.0680. The van der Waals surface area contributed by atoms with Crippen LogP contribution in [0.15, 0.2) is 18.2 Å². The van der Waals surface area contributed by atoms with Gasteiger partial charge >= 0.3 is 5.97 Å². The van der Waals surface area contributed by atoms with Gasteiger partial charge in [0.25, 0.3) is 0 Å². The average molecular weight is 232 g/mol. The Morgan fingerprint density at radius 1 is 1.35 bits per heavy atom. The number of carboxylic acids is 1. The van der Waals surface area contributed by atoms with Crippen molar-refractivity contribution < 1.29 is 9.90 Å². The Morgan fingerprint density at radius 3 is 2.53 bits per heavy atom. The summed E-state index contributed by atoms with van der Waals surface area (Å²) in [5.74, 6) is -0.924. The second-order valence-electron chi connectivity index (χ2n) is 5.25. The van der Waals surface area contributed by atoms with E-state index in [1.54, 1.807) is 11.6 Å². The number of aromatic nitrogens is 2. The van der Waals surface area contributed by atoms with Crippen LogP contribution in [-0.2, 0) is 12.5 Å². The Balaban J connectivity index is 2.68. The minimum Gasteiger partial charge on any atom is -0.475 e. The largest absolute Gasteiger partial charge is 0.475 e. The van der Waals surface area contributed by atoms with E-state index in [0.717, 1.165) is 16.6 Å². The molecule has 1 aromatic carbocycles. The maximum atomic E-state index is 11.0. The van der Waals surface area contributed by atoms with Crippen LogP contribution in [0.2, 0.25) is 0 Å². The summed E-state index contributed by atoms with van der Waals surface area (Å²) in [6.45, 7) is 6.36. The third-order valence-corrected chi connectivity index (χ3v) is 2.94. The maximum absolute atomic E-state index is 11.0. The van der Waals surface area contributed by atoms with Crippen molar-refractivity contribution >= 4 is 17.0 Å². The molecule has 0 aliphatic rings. The van der Waals surface area contributed by atoms with Gasteiger partial charge in [0.15, 0.2) is 0 Å². The van der Waals surface area contributed by atoms with E-state index in [1.165, 1.54) is 0 Å². The van der Waals surface area contributed by atoms with Crippen molar-refractivity contribution in [3.05, 3.63) is 29.6 Å². The fourth-order valence-electron chi connectivity index (χ4n) is 1.86. The van der Waals surface area contributed by atoms with Crippen LogP contribution in [-0.4, -0.2) is 20.6 Å². The van der Waals surface area contributed by atoms with Gasteiger partial charge in [-0.3, -0.25) is 0 Å². The van der Waals surface area contributed by atoms with Crippen molar-refractivity contribution in [1.82, 2.24) is 9.55 Å². The van der Waals surface area contributed by atoms with Crippen LogP contribution >= 0.6 is 0 Å². The number of fused-ring (bicyclic) bond motifs is 1. The van der Waals surface area contributed by atoms with Crippen molar-refractivity contribution in [1.29, 1.82) is 0 Å². The number of aromatic carboxylic acids is 1. The Hall–Kier alpha value is -1.84. The molecule has 0 saturated heterocycles. The van der Waals surface area contributed by atoms with Gasteiger partial charge in [-0.15, -0.1) is 0 Å². The van der Waals surface area contributed by atoms with Crippen LogP contribution in [0.5, 0.6) is 0 Å². The number of rotatable bonds is 1. The first kappa shape index (κ1) is 11.6. The summed E-state index contributed by atoms with van der Waals surface area (Å²) in [5.41, 5.74) is 2.77. The highest BCUT2D eigenvalue weighted by atomic mass is 16.4. The van der Waals surface area contributed by atoms with Gasteiger partial charge in [0.1, 0.15) is 0 Å². The molecule has 0 radical (unpaired) electrons. The standard InChI is InChI=1S/C13H16N2O2/c1-13(2,3)8-5-6-10-9(7-8)14-11(12(16)17)15(10)4/h5-7H,1-4H3,(H,16,17). The fourth-order valence-corrected chi connectivity index (χ4v) is 1.86. The van der Waals surface area contributed by atoms with Crippen LogP contribution in [0.4, 0.5) is 0 Å². The summed E-state index contributed by atoms with van der Waals surface area (Å²) in [5, 5.41) is 9.01. The number of aryl methyl sites for hydroxylation is 1. The van der Waals surface area contributed by atoms with Crippen molar-refractivity contribution in [3.63, 3.8) is 0 Å². The first-order valence-corrected chi connectivity index (χ1v) is 5.51. The molecular weight excluding hydrogens is 216 g/mol. The number of hydrogen-bond donors (Lipinski definition) is 1. The van der Waals surface area contributed by atoms with E-state index in [2.05, 4.69) is 25.8 Å². The summed E-state index contributed by atoms with van der Waals surface area (Å²) in [6.07, 6.45) is 0. The number of imidazole rings is 1. The molecule has 0 aliphatic carbocycles. The second-order valence-corrected chi connectivity index (χ2v) is 5.25. The van der Waals surface area contributed by atoms with Gasteiger partial charge in [-0.05, 0) is 23.1 Å². The van der Waals surface area contributed by atoms with Gasteiger partial charge in [-0.25, -0.2) is 9.78 Å². The molecule has 0 atom stereocenters. The number of carbonyl (C=O) groups is 1. The van der Waals surface area contributed by atoms with Crippen LogP contribution in [0.1, 0.15) is 37.0 Å². The number of benzene rings is 1. The minimum absolute atomic E-state index is 0.0368.